The van der Waals surface area contributed by atoms with Crippen molar-refractivity contribution in [3.63, 3.8) is 0 Å². The van der Waals surface area contributed by atoms with E-state index in [1.807, 2.05) is 48.5 Å². The van der Waals surface area contributed by atoms with Crippen LogP contribution >= 0.6 is 0 Å². The molecule has 0 bridgehead atoms. The zero-order valence-electron chi connectivity index (χ0n) is 14.5. The molecule has 2 heterocycles. The molecule has 26 heavy (non-hydrogen) atoms. The molecule has 0 radical (unpaired) electrons. The molecule has 5 nitrogen and oxygen atoms in total. The van der Waals surface area contributed by atoms with Crippen LogP contribution in [-0.4, -0.2) is 42.1 Å². The molecule has 0 spiro atoms. The van der Waals surface area contributed by atoms with E-state index in [1.165, 1.54) is 0 Å². The summed E-state index contributed by atoms with van der Waals surface area (Å²) < 4.78 is 5.41. The predicted octanol–water partition coefficient (Wildman–Crippen LogP) is 3.32. The minimum absolute atomic E-state index is 0.135. The Balaban J connectivity index is 1.57. The van der Waals surface area contributed by atoms with Crippen LogP contribution in [-0.2, 0) is 11.3 Å². The third-order valence-corrected chi connectivity index (χ3v) is 4.64. The van der Waals surface area contributed by atoms with Crippen molar-refractivity contribution in [3.05, 3.63) is 71.9 Å². The van der Waals surface area contributed by atoms with Crippen molar-refractivity contribution < 1.29 is 9.53 Å². The number of benzene rings is 2. The number of nitrogens with zero attached hydrogens (tertiary/aromatic N) is 2. The van der Waals surface area contributed by atoms with E-state index in [1.54, 1.807) is 6.20 Å². The number of rotatable bonds is 4. The fourth-order valence-corrected chi connectivity index (χ4v) is 3.26. The molecule has 1 N–H and O–H groups in total. The lowest BCUT2D eigenvalue weighted by Gasteiger charge is -2.27. The zero-order valence-corrected chi connectivity index (χ0v) is 14.5. The molecule has 0 saturated carbocycles. The van der Waals surface area contributed by atoms with Crippen molar-refractivity contribution in [1.82, 2.24) is 9.88 Å². The quantitative estimate of drug-likeness (QED) is 0.787. The highest BCUT2D eigenvalue weighted by molar-refractivity contribution is 6.12. The first-order chi connectivity index (χ1) is 12.8. The van der Waals surface area contributed by atoms with Crippen LogP contribution in [0, 0.1) is 0 Å². The summed E-state index contributed by atoms with van der Waals surface area (Å²) in [6.45, 7) is 4.14. The van der Waals surface area contributed by atoms with Crippen molar-refractivity contribution in [2.75, 3.05) is 31.6 Å². The number of aromatic nitrogens is 1. The highest BCUT2D eigenvalue weighted by Crippen LogP contribution is 2.21. The van der Waals surface area contributed by atoms with E-state index in [9.17, 15) is 4.79 Å². The van der Waals surface area contributed by atoms with Gasteiger partial charge < -0.3 is 10.1 Å². The number of carbonyl (C=O) groups is 1. The molecule has 1 fully saturated rings. The van der Waals surface area contributed by atoms with Crippen LogP contribution in [0.25, 0.3) is 10.9 Å². The Morgan fingerprint density at radius 3 is 2.73 bits per heavy atom. The maximum absolute atomic E-state index is 12.9. The molecular formula is C21H21N3O2. The first-order valence-electron chi connectivity index (χ1n) is 8.84. The number of ether oxygens (including phenoxy) is 1. The van der Waals surface area contributed by atoms with Crippen LogP contribution in [0.5, 0.6) is 0 Å². The third-order valence-electron chi connectivity index (χ3n) is 4.64. The second-order valence-electron chi connectivity index (χ2n) is 6.38. The van der Waals surface area contributed by atoms with Gasteiger partial charge in [0.1, 0.15) is 0 Å². The summed E-state index contributed by atoms with van der Waals surface area (Å²) in [5.74, 6) is -0.135. The Morgan fingerprint density at radius 2 is 1.85 bits per heavy atom. The SMILES string of the molecule is O=C(Nc1ccccc1CN1CCOCC1)c1cccc2cccnc12. The number of morpholine rings is 1. The van der Waals surface area contributed by atoms with Gasteiger partial charge in [0.05, 0.1) is 24.3 Å². The van der Waals surface area contributed by atoms with E-state index in [-0.39, 0.29) is 5.91 Å². The lowest BCUT2D eigenvalue weighted by molar-refractivity contribution is 0.0342. The van der Waals surface area contributed by atoms with Gasteiger partial charge in [-0.1, -0.05) is 36.4 Å². The van der Waals surface area contributed by atoms with Crippen molar-refractivity contribution in [2.24, 2.45) is 0 Å². The fourth-order valence-electron chi connectivity index (χ4n) is 3.26. The van der Waals surface area contributed by atoms with Crippen LogP contribution in [0.2, 0.25) is 0 Å². The van der Waals surface area contributed by atoms with Gasteiger partial charge in [-0.3, -0.25) is 14.7 Å². The molecule has 1 aliphatic heterocycles. The van der Waals surface area contributed by atoms with Gasteiger partial charge >= 0.3 is 0 Å². The van der Waals surface area contributed by atoms with E-state index < -0.39 is 0 Å². The molecule has 4 rings (SSSR count). The topological polar surface area (TPSA) is 54.5 Å². The number of para-hydroxylation sites is 2. The highest BCUT2D eigenvalue weighted by atomic mass is 16.5. The molecule has 1 saturated heterocycles. The molecule has 1 aliphatic rings. The van der Waals surface area contributed by atoms with E-state index in [2.05, 4.69) is 21.3 Å². The summed E-state index contributed by atoms with van der Waals surface area (Å²) >= 11 is 0. The molecule has 1 aromatic heterocycles. The van der Waals surface area contributed by atoms with E-state index in [0.29, 0.717) is 5.56 Å². The number of fused-ring (bicyclic) bond motifs is 1. The maximum atomic E-state index is 12.9. The van der Waals surface area contributed by atoms with Crippen LogP contribution in [0.4, 0.5) is 5.69 Å². The van der Waals surface area contributed by atoms with Gasteiger partial charge in [-0.2, -0.15) is 0 Å². The van der Waals surface area contributed by atoms with Gasteiger partial charge in [0.25, 0.3) is 5.91 Å². The molecule has 0 atom stereocenters. The van der Waals surface area contributed by atoms with Gasteiger partial charge in [0.15, 0.2) is 0 Å². The van der Waals surface area contributed by atoms with E-state index in [0.717, 1.165) is 55.0 Å². The second kappa shape index (κ2) is 7.64. The first-order valence-corrected chi connectivity index (χ1v) is 8.84. The average Bonchev–Trinajstić information content (AvgIpc) is 2.70. The van der Waals surface area contributed by atoms with Crippen molar-refractivity contribution in [3.8, 4) is 0 Å². The van der Waals surface area contributed by atoms with Crippen molar-refractivity contribution >= 4 is 22.5 Å². The molecule has 0 aliphatic carbocycles. The highest BCUT2D eigenvalue weighted by Gasteiger charge is 2.15. The molecule has 5 heteroatoms. The Labute approximate surface area is 152 Å². The Hall–Kier alpha value is -2.76. The summed E-state index contributed by atoms with van der Waals surface area (Å²) in [6, 6.07) is 17.5. The first kappa shape index (κ1) is 16.7. The summed E-state index contributed by atoms with van der Waals surface area (Å²) in [7, 11) is 0. The lowest BCUT2D eigenvalue weighted by Crippen LogP contribution is -2.35. The van der Waals surface area contributed by atoms with Crippen LogP contribution in [0.1, 0.15) is 15.9 Å². The maximum Gasteiger partial charge on any atom is 0.257 e. The number of anilines is 1. The van der Waals surface area contributed by atoms with Gasteiger partial charge in [0.2, 0.25) is 0 Å². The minimum atomic E-state index is -0.135. The fraction of sp³-hybridized carbons (Fsp3) is 0.238. The van der Waals surface area contributed by atoms with Crippen LogP contribution in [0.15, 0.2) is 60.8 Å². The van der Waals surface area contributed by atoms with E-state index >= 15 is 0 Å². The van der Waals surface area contributed by atoms with Crippen molar-refractivity contribution in [1.29, 1.82) is 0 Å². The summed E-state index contributed by atoms with van der Waals surface area (Å²) in [5.41, 5.74) is 3.26. The number of nitrogens with one attached hydrogen (secondary N) is 1. The molecule has 2 aromatic carbocycles. The predicted molar refractivity (Wildman–Crippen MR) is 102 cm³/mol. The van der Waals surface area contributed by atoms with E-state index in [4.69, 9.17) is 4.74 Å². The Morgan fingerprint density at radius 1 is 1.04 bits per heavy atom. The Kier molecular flexibility index (Phi) is 4.91. The van der Waals surface area contributed by atoms with Gasteiger partial charge in [0, 0.05) is 36.9 Å². The molecule has 132 valence electrons. The molecule has 3 aromatic rings. The summed E-state index contributed by atoms with van der Waals surface area (Å²) in [6.07, 6.45) is 1.71. The number of amides is 1. The number of hydrogen-bond donors (Lipinski definition) is 1. The number of pyridine rings is 1. The lowest BCUT2D eigenvalue weighted by atomic mass is 10.1. The van der Waals surface area contributed by atoms with Crippen LogP contribution in [0.3, 0.4) is 0 Å². The third kappa shape index (κ3) is 3.59. The van der Waals surface area contributed by atoms with Gasteiger partial charge in [-0.15, -0.1) is 0 Å². The molecular weight excluding hydrogens is 326 g/mol. The smallest absolute Gasteiger partial charge is 0.257 e. The molecule has 0 unspecified atom stereocenters. The average molecular weight is 347 g/mol. The molecule has 1 amide bonds. The Bertz CT molecular complexity index is 915. The van der Waals surface area contributed by atoms with Gasteiger partial charge in [-0.05, 0) is 23.8 Å². The summed E-state index contributed by atoms with van der Waals surface area (Å²) in [4.78, 5) is 19.6. The number of hydrogen-bond acceptors (Lipinski definition) is 4. The normalized spacial score (nSPS) is 15.1. The second-order valence-corrected chi connectivity index (χ2v) is 6.38. The number of carbonyl (C=O) groups excluding carboxylic acids is 1. The largest absolute Gasteiger partial charge is 0.379 e. The van der Waals surface area contributed by atoms with Crippen molar-refractivity contribution in [2.45, 2.75) is 6.54 Å². The monoisotopic (exact) mass is 347 g/mol. The van der Waals surface area contributed by atoms with Gasteiger partial charge in [-0.25, -0.2) is 0 Å². The van der Waals surface area contributed by atoms with Crippen LogP contribution < -0.4 is 5.32 Å². The summed E-state index contributed by atoms with van der Waals surface area (Å²) in [5, 5.41) is 4.03. The minimum Gasteiger partial charge on any atom is -0.379 e. The zero-order chi connectivity index (χ0) is 17.8. The standard InChI is InChI=1S/C21H21N3O2/c25-21(18-8-3-6-16-7-4-10-22-20(16)18)23-19-9-2-1-5-17(19)15-24-11-13-26-14-12-24/h1-10H,11-15H2,(H,23,25).